The van der Waals surface area contributed by atoms with Gasteiger partial charge in [-0.1, -0.05) is 46.3 Å². The fourth-order valence-electron chi connectivity index (χ4n) is 4.49. The zero-order valence-electron chi connectivity index (χ0n) is 17.9. The molecule has 0 amide bonds. The highest BCUT2D eigenvalue weighted by Crippen LogP contribution is 2.48. The molecule has 7 rings (SSSR count). The van der Waals surface area contributed by atoms with Crippen molar-refractivity contribution < 1.29 is 9.15 Å². The Morgan fingerprint density at radius 3 is 2.57 bits per heavy atom. The molecule has 2 aromatic carbocycles. The standard InChI is InChI=1S/C26H14BrN5O3/c27-15-10-8-14(9-11-15)23-30-24-21-19(17-6-3-4-12-28-17)20-22(35-25(21)29-13-32(24)31-23)16-5-1-2-7-18(16)34-26(20)33/h1-13,19H. The van der Waals surface area contributed by atoms with Crippen LogP contribution in [0.1, 0.15) is 22.7 Å². The lowest BCUT2D eigenvalue weighted by atomic mass is 9.87. The molecule has 1 aliphatic rings. The van der Waals surface area contributed by atoms with E-state index in [1.807, 2.05) is 60.7 Å². The monoisotopic (exact) mass is 523 g/mol. The summed E-state index contributed by atoms with van der Waals surface area (Å²) in [6.45, 7) is 0. The summed E-state index contributed by atoms with van der Waals surface area (Å²) < 4.78 is 14.5. The summed E-state index contributed by atoms with van der Waals surface area (Å²) in [4.78, 5) is 27.3. The molecular formula is C26H14BrN5O3. The second kappa shape index (κ2) is 7.57. The zero-order chi connectivity index (χ0) is 23.5. The minimum atomic E-state index is -0.603. The van der Waals surface area contributed by atoms with Crippen LogP contribution in [0.4, 0.5) is 0 Å². The first-order chi connectivity index (χ1) is 17.2. The van der Waals surface area contributed by atoms with E-state index in [4.69, 9.17) is 14.1 Å². The zero-order valence-corrected chi connectivity index (χ0v) is 19.5. The quantitative estimate of drug-likeness (QED) is 0.282. The molecule has 0 aliphatic carbocycles. The third-order valence-corrected chi connectivity index (χ3v) is 6.58. The summed E-state index contributed by atoms with van der Waals surface area (Å²) in [6, 6.07) is 20.6. The van der Waals surface area contributed by atoms with Gasteiger partial charge in [0.25, 0.3) is 0 Å². The maximum absolute atomic E-state index is 13.3. The smallest absolute Gasteiger partial charge is 0.344 e. The van der Waals surface area contributed by atoms with E-state index < -0.39 is 11.5 Å². The topological polar surface area (TPSA) is 95.4 Å². The Hall–Kier alpha value is -4.37. The molecule has 0 spiro atoms. The Balaban J connectivity index is 1.54. The second-order valence-corrected chi connectivity index (χ2v) is 9.01. The SMILES string of the molecule is O=c1oc2ccccc2c2c1C(c1ccccn1)c1c(ncn3nc(-c4ccc(Br)cc4)nc13)O2. The van der Waals surface area contributed by atoms with E-state index in [0.29, 0.717) is 50.9 Å². The van der Waals surface area contributed by atoms with Crippen LogP contribution in [0.2, 0.25) is 0 Å². The van der Waals surface area contributed by atoms with Crippen LogP contribution in [0.3, 0.4) is 0 Å². The number of aromatic nitrogens is 5. The molecule has 0 N–H and O–H groups in total. The van der Waals surface area contributed by atoms with E-state index in [9.17, 15) is 4.79 Å². The predicted octanol–water partition coefficient (Wildman–Crippen LogP) is 5.34. The molecule has 0 fully saturated rings. The number of para-hydroxylation sites is 1. The van der Waals surface area contributed by atoms with Gasteiger partial charge in [-0.25, -0.2) is 19.3 Å². The number of hydrogen-bond donors (Lipinski definition) is 0. The van der Waals surface area contributed by atoms with Gasteiger partial charge in [0.05, 0.1) is 28.1 Å². The molecule has 35 heavy (non-hydrogen) atoms. The van der Waals surface area contributed by atoms with Crippen molar-refractivity contribution in [1.82, 2.24) is 24.6 Å². The van der Waals surface area contributed by atoms with Gasteiger partial charge >= 0.3 is 5.63 Å². The van der Waals surface area contributed by atoms with Crippen molar-refractivity contribution >= 4 is 32.5 Å². The summed E-state index contributed by atoms with van der Waals surface area (Å²) in [5, 5.41) is 5.31. The molecule has 1 unspecified atom stereocenters. The van der Waals surface area contributed by atoms with Crippen LogP contribution in [-0.2, 0) is 0 Å². The Labute approximate surface area is 206 Å². The fourth-order valence-corrected chi connectivity index (χ4v) is 4.76. The molecule has 0 radical (unpaired) electrons. The summed E-state index contributed by atoms with van der Waals surface area (Å²) >= 11 is 3.46. The van der Waals surface area contributed by atoms with Gasteiger partial charge in [0, 0.05) is 16.2 Å². The first-order valence-electron chi connectivity index (χ1n) is 10.8. The molecule has 0 saturated carbocycles. The van der Waals surface area contributed by atoms with Crippen LogP contribution in [-0.4, -0.2) is 24.6 Å². The van der Waals surface area contributed by atoms with Crippen molar-refractivity contribution in [3.05, 3.63) is 111 Å². The van der Waals surface area contributed by atoms with E-state index in [1.165, 1.54) is 0 Å². The molecule has 168 valence electrons. The van der Waals surface area contributed by atoms with Gasteiger partial charge in [0.2, 0.25) is 5.88 Å². The van der Waals surface area contributed by atoms with Gasteiger partial charge < -0.3 is 9.15 Å². The first-order valence-corrected chi connectivity index (χ1v) is 11.6. The van der Waals surface area contributed by atoms with Gasteiger partial charge in [-0.15, -0.1) is 5.10 Å². The van der Waals surface area contributed by atoms with Gasteiger partial charge in [-0.05, 0) is 36.4 Å². The van der Waals surface area contributed by atoms with Gasteiger partial charge in [-0.3, -0.25) is 4.98 Å². The van der Waals surface area contributed by atoms with Crippen LogP contribution >= 0.6 is 15.9 Å². The van der Waals surface area contributed by atoms with Gasteiger partial charge in [0.1, 0.15) is 11.9 Å². The molecule has 8 nitrogen and oxygen atoms in total. The average Bonchev–Trinajstić information content (AvgIpc) is 3.33. The number of hydrogen-bond acceptors (Lipinski definition) is 7. The molecule has 6 aromatic rings. The van der Waals surface area contributed by atoms with Crippen LogP contribution < -0.4 is 10.4 Å². The maximum atomic E-state index is 13.3. The van der Waals surface area contributed by atoms with Crippen molar-refractivity contribution in [2.45, 2.75) is 5.92 Å². The van der Waals surface area contributed by atoms with Gasteiger partial charge in [-0.2, -0.15) is 0 Å². The predicted molar refractivity (Wildman–Crippen MR) is 132 cm³/mol. The largest absolute Gasteiger partial charge is 0.437 e. The third kappa shape index (κ3) is 3.08. The van der Waals surface area contributed by atoms with Crippen molar-refractivity contribution in [3.63, 3.8) is 0 Å². The molecule has 1 aliphatic heterocycles. The normalized spacial score (nSPS) is 14.5. The Bertz CT molecular complexity index is 1810. The van der Waals surface area contributed by atoms with E-state index >= 15 is 0 Å². The molecule has 4 aromatic heterocycles. The number of benzene rings is 2. The highest BCUT2D eigenvalue weighted by Gasteiger charge is 2.38. The lowest BCUT2D eigenvalue weighted by Gasteiger charge is -2.26. The van der Waals surface area contributed by atoms with Crippen molar-refractivity contribution in [3.8, 4) is 23.0 Å². The number of ether oxygens (including phenoxy) is 1. The highest BCUT2D eigenvalue weighted by molar-refractivity contribution is 9.10. The van der Waals surface area contributed by atoms with Crippen molar-refractivity contribution in [1.29, 1.82) is 0 Å². The number of halogens is 1. The minimum Gasteiger partial charge on any atom is -0.437 e. The second-order valence-electron chi connectivity index (χ2n) is 8.09. The van der Waals surface area contributed by atoms with Crippen LogP contribution in [0, 0.1) is 0 Å². The number of pyridine rings is 1. The summed E-state index contributed by atoms with van der Waals surface area (Å²) in [7, 11) is 0. The molecular weight excluding hydrogens is 510 g/mol. The summed E-state index contributed by atoms with van der Waals surface area (Å²) in [6.07, 6.45) is 3.26. The van der Waals surface area contributed by atoms with Crippen LogP contribution in [0.5, 0.6) is 11.6 Å². The summed E-state index contributed by atoms with van der Waals surface area (Å²) in [5.41, 5.74) is 2.96. The van der Waals surface area contributed by atoms with Crippen LogP contribution in [0.15, 0.2) is 92.9 Å². The molecule has 9 heteroatoms. The lowest BCUT2D eigenvalue weighted by Crippen LogP contribution is -2.23. The third-order valence-electron chi connectivity index (χ3n) is 6.05. The Morgan fingerprint density at radius 2 is 1.74 bits per heavy atom. The van der Waals surface area contributed by atoms with E-state index in [2.05, 4.69) is 31.0 Å². The number of nitrogens with zero attached hydrogens (tertiary/aromatic N) is 5. The maximum Gasteiger partial charge on any atom is 0.344 e. The lowest BCUT2D eigenvalue weighted by molar-refractivity contribution is 0.421. The number of fused-ring (bicyclic) bond motifs is 6. The molecule has 1 atom stereocenters. The fraction of sp³-hybridized carbons (Fsp3) is 0.0385. The van der Waals surface area contributed by atoms with E-state index in [0.717, 1.165) is 10.0 Å². The average molecular weight is 524 g/mol. The van der Waals surface area contributed by atoms with Gasteiger partial charge in [0.15, 0.2) is 17.2 Å². The molecule has 5 heterocycles. The van der Waals surface area contributed by atoms with Crippen molar-refractivity contribution in [2.75, 3.05) is 0 Å². The number of rotatable bonds is 2. The minimum absolute atomic E-state index is 0.353. The molecule has 0 saturated heterocycles. The van der Waals surface area contributed by atoms with Crippen molar-refractivity contribution in [2.24, 2.45) is 0 Å². The van der Waals surface area contributed by atoms with Crippen LogP contribution in [0.25, 0.3) is 28.0 Å². The highest BCUT2D eigenvalue weighted by atomic mass is 79.9. The van der Waals surface area contributed by atoms with E-state index in [1.54, 1.807) is 23.1 Å². The first kappa shape index (κ1) is 20.0. The Morgan fingerprint density at radius 1 is 0.914 bits per heavy atom. The summed E-state index contributed by atoms with van der Waals surface area (Å²) in [5.74, 6) is 0.702. The van der Waals surface area contributed by atoms with E-state index in [-0.39, 0.29) is 0 Å². The Kier molecular flexibility index (Phi) is 4.34. The molecule has 0 bridgehead atoms.